The molecular formula is C23H34N4O4. The number of benzene rings is 1. The van der Waals surface area contributed by atoms with E-state index in [0.717, 1.165) is 49.7 Å². The molecule has 0 unspecified atom stereocenters. The van der Waals surface area contributed by atoms with Gasteiger partial charge in [-0.1, -0.05) is 19.1 Å². The number of carbonyl (C=O) groups excluding carboxylic acids is 2. The van der Waals surface area contributed by atoms with Crippen LogP contribution < -0.4 is 10.1 Å². The van der Waals surface area contributed by atoms with Crippen LogP contribution in [0.25, 0.3) is 0 Å². The maximum Gasteiger partial charge on any atom is 0.338 e. The largest absolute Gasteiger partial charge is 0.497 e. The van der Waals surface area contributed by atoms with Gasteiger partial charge in [0.15, 0.2) is 0 Å². The number of ether oxygens (including phenoxy) is 2. The molecular weight excluding hydrogens is 396 g/mol. The van der Waals surface area contributed by atoms with E-state index in [1.54, 1.807) is 18.9 Å². The fourth-order valence-corrected chi connectivity index (χ4v) is 4.18. The van der Waals surface area contributed by atoms with E-state index in [9.17, 15) is 9.59 Å². The predicted octanol–water partition coefficient (Wildman–Crippen LogP) is 2.24. The summed E-state index contributed by atoms with van der Waals surface area (Å²) in [5.74, 6) is 0.334. The molecule has 0 radical (unpaired) electrons. The third-order valence-electron chi connectivity index (χ3n) is 5.98. The van der Waals surface area contributed by atoms with Crippen LogP contribution in [0.4, 0.5) is 4.79 Å². The van der Waals surface area contributed by atoms with Gasteiger partial charge in [0.1, 0.15) is 5.75 Å². The molecule has 1 N–H and O–H groups in total. The highest BCUT2D eigenvalue weighted by atomic mass is 16.5. The van der Waals surface area contributed by atoms with E-state index in [4.69, 9.17) is 9.47 Å². The number of likely N-dealkylation sites (N-methyl/N-ethyl adjacent to an activating group) is 2. The van der Waals surface area contributed by atoms with Crippen molar-refractivity contribution in [3.63, 3.8) is 0 Å². The first-order valence-corrected chi connectivity index (χ1v) is 11.1. The zero-order valence-electron chi connectivity index (χ0n) is 19.0. The summed E-state index contributed by atoms with van der Waals surface area (Å²) in [6.07, 6.45) is 0. The fraction of sp³-hybridized carbons (Fsp3) is 0.565. The Bertz CT molecular complexity index is 800. The third kappa shape index (κ3) is 5.19. The second kappa shape index (κ2) is 10.6. The molecule has 2 heterocycles. The number of esters is 1. The molecule has 1 aromatic rings. The van der Waals surface area contributed by atoms with Gasteiger partial charge >= 0.3 is 12.0 Å². The first kappa shape index (κ1) is 23.1. The van der Waals surface area contributed by atoms with E-state index >= 15 is 0 Å². The van der Waals surface area contributed by atoms with Crippen molar-refractivity contribution in [2.75, 3.05) is 59.5 Å². The number of carbonyl (C=O) groups is 2. The highest BCUT2D eigenvalue weighted by Crippen LogP contribution is 2.33. The summed E-state index contributed by atoms with van der Waals surface area (Å²) < 4.78 is 10.7. The summed E-state index contributed by atoms with van der Waals surface area (Å²) in [6.45, 7) is 12.0. The normalized spacial score (nSPS) is 20.6. The van der Waals surface area contributed by atoms with Gasteiger partial charge in [-0.2, -0.15) is 0 Å². The van der Waals surface area contributed by atoms with Gasteiger partial charge in [-0.15, -0.1) is 0 Å². The van der Waals surface area contributed by atoms with Crippen molar-refractivity contribution in [1.82, 2.24) is 20.0 Å². The van der Waals surface area contributed by atoms with Gasteiger partial charge in [0, 0.05) is 45.0 Å². The van der Waals surface area contributed by atoms with Gasteiger partial charge in [-0.3, -0.25) is 9.80 Å². The van der Waals surface area contributed by atoms with E-state index < -0.39 is 6.04 Å². The van der Waals surface area contributed by atoms with Crippen LogP contribution in [0.5, 0.6) is 5.75 Å². The van der Waals surface area contributed by atoms with Crippen molar-refractivity contribution in [3.05, 3.63) is 41.1 Å². The second-order valence-electron chi connectivity index (χ2n) is 7.69. The molecule has 2 aliphatic rings. The topological polar surface area (TPSA) is 74.4 Å². The minimum Gasteiger partial charge on any atom is -0.497 e. The van der Waals surface area contributed by atoms with Crippen LogP contribution in [0.2, 0.25) is 0 Å². The van der Waals surface area contributed by atoms with Crippen molar-refractivity contribution < 1.29 is 19.1 Å². The lowest BCUT2D eigenvalue weighted by Crippen LogP contribution is -2.53. The summed E-state index contributed by atoms with van der Waals surface area (Å²) in [5, 5.41) is 3.00. The van der Waals surface area contributed by atoms with E-state index in [1.807, 2.05) is 31.2 Å². The summed E-state index contributed by atoms with van der Waals surface area (Å²) in [4.78, 5) is 32.5. The molecule has 1 fully saturated rings. The number of nitrogens with zero attached hydrogens (tertiary/aromatic N) is 3. The molecule has 0 saturated carbocycles. The van der Waals surface area contributed by atoms with Gasteiger partial charge < -0.3 is 19.7 Å². The van der Waals surface area contributed by atoms with Crippen LogP contribution in [-0.2, 0) is 9.53 Å². The molecule has 3 rings (SSSR count). The highest BCUT2D eigenvalue weighted by Gasteiger charge is 2.38. The Labute approximate surface area is 184 Å². The maximum absolute atomic E-state index is 13.1. The summed E-state index contributed by atoms with van der Waals surface area (Å²) in [6, 6.07) is 6.66. The minimum atomic E-state index is -0.563. The molecule has 1 aromatic carbocycles. The Morgan fingerprint density at radius 3 is 2.23 bits per heavy atom. The molecule has 8 nitrogen and oxygen atoms in total. The smallest absolute Gasteiger partial charge is 0.338 e. The predicted molar refractivity (Wildman–Crippen MR) is 119 cm³/mol. The molecule has 2 aliphatic heterocycles. The van der Waals surface area contributed by atoms with E-state index in [1.165, 1.54) is 0 Å². The van der Waals surface area contributed by atoms with Crippen LogP contribution in [0.3, 0.4) is 0 Å². The third-order valence-corrected chi connectivity index (χ3v) is 5.98. The first-order chi connectivity index (χ1) is 15.0. The molecule has 0 aromatic heterocycles. The Morgan fingerprint density at radius 1 is 1.03 bits per heavy atom. The Hall–Kier alpha value is -2.58. The second-order valence-corrected chi connectivity index (χ2v) is 7.69. The SMILES string of the molecule is CCOC(=O)C1=C(CN2CCN(CC)CC2)N(CC)C(=O)N[C@@H]1c1ccc(OC)cc1. The number of amides is 2. The van der Waals surface area contributed by atoms with Crippen molar-refractivity contribution >= 4 is 12.0 Å². The van der Waals surface area contributed by atoms with Crippen molar-refractivity contribution in [2.45, 2.75) is 26.8 Å². The Morgan fingerprint density at radius 2 is 1.68 bits per heavy atom. The van der Waals surface area contributed by atoms with Crippen LogP contribution in [-0.4, -0.2) is 86.2 Å². The van der Waals surface area contributed by atoms with Gasteiger partial charge in [0.25, 0.3) is 0 Å². The Balaban J connectivity index is 2.00. The van der Waals surface area contributed by atoms with Crippen molar-refractivity contribution in [1.29, 1.82) is 0 Å². The molecule has 31 heavy (non-hydrogen) atoms. The van der Waals surface area contributed by atoms with Crippen LogP contribution in [0.15, 0.2) is 35.5 Å². The number of hydrogen-bond donors (Lipinski definition) is 1. The lowest BCUT2D eigenvalue weighted by molar-refractivity contribution is -0.139. The summed E-state index contributed by atoms with van der Waals surface area (Å²) >= 11 is 0. The van der Waals surface area contributed by atoms with Crippen molar-refractivity contribution in [3.8, 4) is 5.75 Å². The minimum absolute atomic E-state index is 0.196. The number of rotatable bonds is 8. The molecule has 0 aliphatic carbocycles. The zero-order valence-corrected chi connectivity index (χ0v) is 19.0. The van der Waals surface area contributed by atoms with Crippen LogP contribution >= 0.6 is 0 Å². The number of nitrogens with one attached hydrogen (secondary N) is 1. The fourth-order valence-electron chi connectivity index (χ4n) is 4.18. The average molecular weight is 431 g/mol. The number of methoxy groups -OCH3 is 1. The standard InChI is InChI=1S/C23H34N4O4/c1-5-25-12-14-26(15-13-25)16-19-20(22(28)31-7-3)21(24-23(29)27(19)6-2)17-8-10-18(30-4)11-9-17/h8-11,21H,5-7,12-16H2,1-4H3,(H,24,29)/t21-/m1/s1. The van der Waals surface area contributed by atoms with E-state index in [0.29, 0.717) is 18.7 Å². The van der Waals surface area contributed by atoms with Crippen LogP contribution in [0.1, 0.15) is 32.4 Å². The maximum atomic E-state index is 13.1. The summed E-state index contributed by atoms with van der Waals surface area (Å²) in [5.41, 5.74) is 2.06. The van der Waals surface area contributed by atoms with Gasteiger partial charge in [-0.05, 0) is 38.1 Å². The number of urea groups is 1. The quantitative estimate of drug-likeness (QED) is 0.638. The molecule has 0 spiro atoms. The van der Waals surface area contributed by atoms with Gasteiger partial charge in [0.2, 0.25) is 0 Å². The number of hydrogen-bond acceptors (Lipinski definition) is 6. The summed E-state index contributed by atoms with van der Waals surface area (Å²) in [7, 11) is 1.61. The molecule has 8 heteroatoms. The molecule has 170 valence electrons. The molecule has 2 amide bonds. The van der Waals surface area contributed by atoms with E-state index in [2.05, 4.69) is 22.0 Å². The first-order valence-electron chi connectivity index (χ1n) is 11.1. The zero-order chi connectivity index (χ0) is 22.4. The molecule has 1 atom stereocenters. The molecule has 1 saturated heterocycles. The monoisotopic (exact) mass is 430 g/mol. The van der Waals surface area contributed by atoms with Crippen LogP contribution in [0, 0.1) is 0 Å². The number of piperazine rings is 1. The average Bonchev–Trinajstić information content (AvgIpc) is 2.79. The Kier molecular flexibility index (Phi) is 7.92. The van der Waals surface area contributed by atoms with E-state index in [-0.39, 0.29) is 18.6 Å². The van der Waals surface area contributed by atoms with Gasteiger partial charge in [0.05, 0.1) is 25.3 Å². The van der Waals surface area contributed by atoms with Crippen molar-refractivity contribution in [2.24, 2.45) is 0 Å². The lowest BCUT2D eigenvalue weighted by atomic mass is 9.94. The van der Waals surface area contributed by atoms with Gasteiger partial charge in [-0.25, -0.2) is 9.59 Å². The highest BCUT2D eigenvalue weighted by molar-refractivity contribution is 5.95. The molecule has 0 bridgehead atoms. The lowest BCUT2D eigenvalue weighted by Gasteiger charge is -2.40.